The maximum atomic E-state index is 14.0. The van der Waals surface area contributed by atoms with Gasteiger partial charge in [-0.15, -0.1) is 0 Å². The highest BCUT2D eigenvalue weighted by molar-refractivity contribution is 6.02. The summed E-state index contributed by atoms with van der Waals surface area (Å²) in [5, 5.41) is 6.58. The molecule has 1 amide bonds. The van der Waals surface area contributed by atoms with Gasteiger partial charge in [0.15, 0.2) is 17.3 Å². The first-order valence-electron chi connectivity index (χ1n) is 14.3. The number of halogens is 1. The van der Waals surface area contributed by atoms with Crippen LogP contribution in [0.25, 0.3) is 0 Å². The van der Waals surface area contributed by atoms with Crippen molar-refractivity contribution in [3.63, 3.8) is 0 Å². The molecule has 2 N–H and O–H groups in total. The van der Waals surface area contributed by atoms with E-state index in [4.69, 9.17) is 14.2 Å². The zero-order valence-corrected chi connectivity index (χ0v) is 25.3. The monoisotopic (exact) mass is 587 g/mol. The van der Waals surface area contributed by atoms with Crippen molar-refractivity contribution in [3.8, 4) is 17.2 Å². The molecule has 0 radical (unpaired) electrons. The van der Waals surface area contributed by atoms with Gasteiger partial charge in [-0.2, -0.15) is 0 Å². The number of carbonyl (C=O) groups is 2. The Labute approximate surface area is 251 Å². The number of allylic oxidation sites excluding steroid dienone is 1. The number of para-hydroxylation sites is 2. The molecular formula is C34H38FN3O5. The molecular weight excluding hydrogens is 549 g/mol. The summed E-state index contributed by atoms with van der Waals surface area (Å²) in [5.74, 6) is 0.821. The van der Waals surface area contributed by atoms with E-state index in [-0.39, 0.29) is 29.5 Å². The maximum Gasteiger partial charge on any atom is 0.239 e. The highest BCUT2D eigenvalue weighted by atomic mass is 19.1. The van der Waals surface area contributed by atoms with E-state index >= 15 is 0 Å². The van der Waals surface area contributed by atoms with Crippen molar-refractivity contribution in [1.29, 1.82) is 0 Å². The lowest BCUT2D eigenvalue weighted by atomic mass is 9.73. The number of nitrogens with one attached hydrogen (secondary N) is 2. The van der Waals surface area contributed by atoms with Gasteiger partial charge in [-0.1, -0.05) is 38.1 Å². The van der Waals surface area contributed by atoms with Gasteiger partial charge in [0.25, 0.3) is 0 Å². The minimum Gasteiger partial charge on any atom is -0.493 e. The standard InChI is InChI=1S/C34H38FN3O5/c1-34(2)18-25-30(27(39)19-34)31(23-14-15-28(41-3)33(43-5)32(23)42-4)38(26-9-7-6-8-24(26)37-25)20-29(40)36-17-16-21-10-12-22(35)13-11-21/h6-15,31,37H,16-20H2,1-5H3,(H,36,40). The zero-order valence-electron chi connectivity index (χ0n) is 25.3. The van der Waals surface area contributed by atoms with E-state index in [2.05, 4.69) is 24.5 Å². The predicted octanol–water partition coefficient (Wildman–Crippen LogP) is 5.83. The molecule has 1 unspecified atom stereocenters. The molecule has 1 aliphatic heterocycles. The Kier molecular flexibility index (Phi) is 8.62. The molecule has 2 aliphatic rings. The molecule has 0 saturated carbocycles. The van der Waals surface area contributed by atoms with Crippen molar-refractivity contribution in [1.82, 2.24) is 5.32 Å². The van der Waals surface area contributed by atoms with Crippen LogP contribution in [0.15, 0.2) is 71.9 Å². The van der Waals surface area contributed by atoms with E-state index in [1.807, 2.05) is 35.2 Å². The van der Waals surface area contributed by atoms with Crippen LogP contribution in [0.3, 0.4) is 0 Å². The summed E-state index contributed by atoms with van der Waals surface area (Å²) < 4.78 is 30.5. The van der Waals surface area contributed by atoms with Gasteiger partial charge in [-0.05, 0) is 60.2 Å². The van der Waals surface area contributed by atoms with E-state index in [1.54, 1.807) is 39.5 Å². The Balaban J connectivity index is 1.60. The Morgan fingerprint density at radius 2 is 1.70 bits per heavy atom. The quantitative estimate of drug-likeness (QED) is 0.326. The van der Waals surface area contributed by atoms with E-state index in [9.17, 15) is 14.0 Å². The van der Waals surface area contributed by atoms with Crippen molar-refractivity contribution in [2.45, 2.75) is 39.2 Å². The van der Waals surface area contributed by atoms with Gasteiger partial charge in [0.2, 0.25) is 11.7 Å². The third-order valence-electron chi connectivity index (χ3n) is 8.00. The van der Waals surface area contributed by atoms with Gasteiger partial charge in [-0.25, -0.2) is 4.39 Å². The number of hydrogen-bond donors (Lipinski definition) is 2. The van der Waals surface area contributed by atoms with E-state index in [0.717, 1.165) is 22.6 Å². The maximum absolute atomic E-state index is 14.0. The van der Waals surface area contributed by atoms with Crippen molar-refractivity contribution in [3.05, 3.63) is 88.9 Å². The fourth-order valence-corrected chi connectivity index (χ4v) is 6.10. The van der Waals surface area contributed by atoms with E-state index in [1.165, 1.54) is 12.1 Å². The minimum absolute atomic E-state index is 0.00936. The number of Topliss-reactive ketones (excluding diaryl/α,β-unsaturated/α-hetero) is 1. The summed E-state index contributed by atoms with van der Waals surface area (Å²) in [6, 6.07) is 17.0. The molecule has 0 spiro atoms. The largest absolute Gasteiger partial charge is 0.493 e. The lowest BCUT2D eigenvalue weighted by molar-refractivity contribution is -0.120. The Hall–Kier alpha value is -4.53. The number of amides is 1. The topological polar surface area (TPSA) is 89.1 Å². The van der Waals surface area contributed by atoms with Crippen LogP contribution in [0.2, 0.25) is 0 Å². The number of fused-ring (bicyclic) bond motifs is 1. The van der Waals surface area contributed by atoms with Crippen LogP contribution in [-0.4, -0.2) is 46.1 Å². The third kappa shape index (κ3) is 6.16. The number of anilines is 2. The molecule has 8 nitrogen and oxygen atoms in total. The number of rotatable bonds is 9. The van der Waals surface area contributed by atoms with E-state index < -0.39 is 6.04 Å². The lowest BCUT2D eigenvalue weighted by Crippen LogP contribution is -2.42. The summed E-state index contributed by atoms with van der Waals surface area (Å²) in [7, 11) is 4.65. The lowest BCUT2D eigenvalue weighted by Gasteiger charge is -2.38. The molecule has 0 fully saturated rings. The van der Waals surface area contributed by atoms with Crippen molar-refractivity contribution in [2.24, 2.45) is 5.41 Å². The van der Waals surface area contributed by atoms with Gasteiger partial charge in [0, 0.05) is 29.8 Å². The molecule has 43 heavy (non-hydrogen) atoms. The second-order valence-corrected chi connectivity index (χ2v) is 11.7. The number of hydrogen-bond acceptors (Lipinski definition) is 7. The Morgan fingerprint density at radius 1 is 0.977 bits per heavy atom. The molecule has 1 aliphatic carbocycles. The fourth-order valence-electron chi connectivity index (χ4n) is 6.10. The first kappa shape index (κ1) is 29.9. The van der Waals surface area contributed by atoms with Gasteiger partial charge >= 0.3 is 0 Å². The van der Waals surface area contributed by atoms with Crippen molar-refractivity contribution >= 4 is 23.1 Å². The molecule has 3 aromatic carbocycles. The van der Waals surface area contributed by atoms with Crippen LogP contribution >= 0.6 is 0 Å². The number of nitrogens with zero attached hydrogens (tertiary/aromatic N) is 1. The first-order valence-corrected chi connectivity index (χ1v) is 14.3. The molecule has 0 bridgehead atoms. The molecule has 5 rings (SSSR count). The number of ketones is 1. The van der Waals surface area contributed by atoms with Gasteiger partial charge in [0.05, 0.1) is 45.3 Å². The van der Waals surface area contributed by atoms with Crippen LogP contribution in [0.1, 0.15) is 43.9 Å². The molecule has 226 valence electrons. The normalized spacial score (nSPS) is 17.3. The number of carbonyl (C=O) groups excluding carboxylic acids is 2. The van der Waals surface area contributed by atoms with Crippen LogP contribution in [0, 0.1) is 11.2 Å². The smallest absolute Gasteiger partial charge is 0.239 e. The SMILES string of the molecule is COc1ccc(C2C3=C(CC(C)(C)CC3=O)Nc3ccccc3N2CC(=O)NCCc2ccc(F)cc2)c(OC)c1OC. The van der Waals surface area contributed by atoms with Crippen molar-refractivity contribution in [2.75, 3.05) is 44.6 Å². The summed E-state index contributed by atoms with van der Waals surface area (Å²) in [5.41, 5.74) is 4.37. The first-order chi connectivity index (χ1) is 20.7. The van der Waals surface area contributed by atoms with Crippen LogP contribution in [0.5, 0.6) is 17.2 Å². The summed E-state index contributed by atoms with van der Waals surface area (Å²) >= 11 is 0. The Morgan fingerprint density at radius 3 is 2.40 bits per heavy atom. The molecule has 0 aromatic heterocycles. The van der Waals surface area contributed by atoms with E-state index in [0.29, 0.717) is 54.2 Å². The predicted molar refractivity (Wildman–Crippen MR) is 164 cm³/mol. The second kappa shape index (κ2) is 12.4. The van der Waals surface area contributed by atoms with Crippen LogP contribution < -0.4 is 29.7 Å². The number of benzene rings is 3. The summed E-state index contributed by atoms with van der Waals surface area (Å²) in [6.07, 6.45) is 1.58. The zero-order chi connectivity index (χ0) is 30.7. The van der Waals surface area contributed by atoms with Crippen molar-refractivity contribution < 1.29 is 28.2 Å². The summed E-state index contributed by atoms with van der Waals surface area (Å²) in [6.45, 7) is 4.53. The average molecular weight is 588 g/mol. The number of methoxy groups -OCH3 is 3. The Bertz CT molecular complexity index is 1550. The van der Waals surface area contributed by atoms with Gasteiger partial charge < -0.3 is 29.7 Å². The van der Waals surface area contributed by atoms with Crippen LogP contribution in [-0.2, 0) is 16.0 Å². The third-order valence-corrected chi connectivity index (χ3v) is 8.00. The molecule has 1 atom stereocenters. The molecule has 1 heterocycles. The highest BCUT2D eigenvalue weighted by Gasteiger charge is 2.43. The fraction of sp³-hybridized carbons (Fsp3) is 0.353. The van der Waals surface area contributed by atoms with Gasteiger partial charge in [0.1, 0.15) is 5.82 Å². The highest BCUT2D eigenvalue weighted by Crippen LogP contribution is 2.52. The molecule has 9 heteroatoms. The average Bonchev–Trinajstić information content (AvgIpc) is 3.11. The van der Waals surface area contributed by atoms with Crippen LogP contribution in [0.4, 0.5) is 15.8 Å². The molecule has 0 saturated heterocycles. The van der Waals surface area contributed by atoms with Gasteiger partial charge in [-0.3, -0.25) is 9.59 Å². The number of ether oxygens (including phenoxy) is 3. The molecule has 3 aromatic rings. The minimum atomic E-state index is -0.660. The second-order valence-electron chi connectivity index (χ2n) is 11.7. The summed E-state index contributed by atoms with van der Waals surface area (Å²) in [4.78, 5) is 29.6.